The van der Waals surface area contributed by atoms with E-state index in [0.29, 0.717) is 0 Å². The maximum absolute atomic E-state index is 12.5. The van der Waals surface area contributed by atoms with E-state index in [1.165, 1.54) is 12.3 Å². The number of carbonyl (C=O) groups is 1. The summed E-state index contributed by atoms with van der Waals surface area (Å²) in [7, 11) is 0. The smallest absolute Gasteiger partial charge is 0.430 e. The standard InChI is InChI=1S/C12H12F3NO4/c13-12(14,15)9-7-8(4-6-18-9)19-11(17)20-10-3-1-2-5-16-10/h1-3,5,8-9H,4,6-7H2. The summed E-state index contributed by atoms with van der Waals surface area (Å²) in [5, 5.41) is 0. The predicted molar refractivity (Wildman–Crippen MR) is 60.2 cm³/mol. The molecule has 8 heteroatoms. The number of alkyl halides is 3. The number of nitrogens with zero attached hydrogens (tertiary/aromatic N) is 1. The highest BCUT2D eigenvalue weighted by atomic mass is 19.4. The van der Waals surface area contributed by atoms with Crippen molar-refractivity contribution in [1.82, 2.24) is 4.98 Å². The molecule has 0 amide bonds. The molecule has 1 aliphatic heterocycles. The van der Waals surface area contributed by atoms with Crippen molar-refractivity contribution in [2.24, 2.45) is 0 Å². The van der Waals surface area contributed by atoms with E-state index in [2.05, 4.69) is 9.72 Å². The fourth-order valence-electron chi connectivity index (χ4n) is 1.75. The first-order valence-electron chi connectivity index (χ1n) is 5.93. The Balaban J connectivity index is 1.85. The Morgan fingerprint density at radius 1 is 1.40 bits per heavy atom. The summed E-state index contributed by atoms with van der Waals surface area (Å²) in [6.07, 6.45) is -7.15. The van der Waals surface area contributed by atoms with Crippen molar-refractivity contribution in [1.29, 1.82) is 0 Å². The fraction of sp³-hybridized carbons (Fsp3) is 0.500. The van der Waals surface area contributed by atoms with Gasteiger partial charge >= 0.3 is 12.3 Å². The van der Waals surface area contributed by atoms with Crippen molar-refractivity contribution in [3.05, 3.63) is 24.4 Å². The first-order valence-corrected chi connectivity index (χ1v) is 5.93. The summed E-state index contributed by atoms with van der Waals surface area (Å²) >= 11 is 0. The second kappa shape index (κ2) is 6.08. The van der Waals surface area contributed by atoms with Crippen LogP contribution in [0.25, 0.3) is 0 Å². The molecule has 20 heavy (non-hydrogen) atoms. The van der Waals surface area contributed by atoms with Crippen LogP contribution in [0.2, 0.25) is 0 Å². The largest absolute Gasteiger partial charge is 0.515 e. The molecule has 1 aliphatic rings. The van der Waals surface area contributed by atoms with E-state index in [1.807, 2.05) is 0 Å². The number of pyridine rings is 1. The molecule has 0 aromatic carbocycles. The molecular formula is C12H12F3NO4. The van der Waals surface area contributed by atoms with Gasteiger partial charge in [-0.05, 0) is 6.07 Å². The van der Waals surface area contributed by atoms with Gasteiger partial charge < -0.3 is 14.2 Å². The Morgan fingerprint density at radius 2 is 2.20 bits per heavy atom. The van der Waals surface area contributed by atoms with Crippen LogP contribution in [-0.4, -0.2) is 36.1 Å². The molecule has 2 unspecified atom stereocenters. The van der Waals surface area contributed by atoms with Crippen LogP contribution >= 0.6 is 0 Å². The number of hydrogen-bond donors (Lipinski definition) is 0. The van der Waals surface area contributed by atoms with Crippen LogP contribution in [0.1, 0.15) is 12.8 Å². The lowest BCUT2D eigenvalue weighted by atomic mass is 10.1. The average Bonchev–Trinajstić information content (AvgIpc) is 2.39. The molecule has 1 aromatic heterocycles. The van der Waals surface area contributed by atoms with Gasteiger partial charge in [0.25, 0.3) is 0 Å². The van der Waals surface area contributed by atoms with Crippen LogP contribution in [0.3, 0.4) is 0 Å². The third-order valence-electron chi connectivity index (χ3n) is 2.69. The van der Waals surface area contributed by atoms with E-state index in [-0.39, 0.29) is 18.9 Å². The predicted octanol–water partition coefficient (Wildman–Crippen LogP) is 2.71. The third-order valence-corrected chi connectivity index (χ3v) is 2.69. The van der Waals surface area contributed by atoms with E-state index >= 15 is 0 Å². The van der Waals surface area contributed by atoms with Gasteiger partial charge in [-0.15, -0.1) is 0 Å². The molecule has 2 rings (SSSR count). The Kier molecular flexibility index (Phi) is 4.43. The summed E-state index contributed by atoms with van der Waals surface area (Å²) in [5.74, 6) is 0.0249. The highest BCUT2D eigenvalue weighted by Crippen LogP contribution is 2.30. The van der Waals surface area contributed by atoms with Crippen LogP contribution in [0.15, 0.2) is 24.4 Å². The van der Waals surface area contributed by atoms with Crippen molar-refractivity contribution >= 4 is 6.16 Å². The van der Waals surface area contributed by atoms with E-state index < -0.39 is 31.0 Å². The van der Waals surface area contributed by atoms with Crippen LogP contribution < -0.4 is 4.74 Å². The van der Waals surface area contributed by atoms with Gasteiger partial charge in [0.15, 0.2) is 6.10 Å². The van der Waals surface area contributed by atoms with E-state index in [4.69, 9.17) is 9.47 Å². The lowest BCUT2D eigenvalue weighted by Gasteiger charge is -2.30. The molecule has 2 heterocycles. The fourth-order valence-corrected chi connectivity index (χ4v) is 1.75. The third kappa shape index (κ3) is 4.09. The van der Waals surface area contributed by atoms with Gasteiger partial charge in [0.05, 0.1) is 6.61 Å². The van der Waals surface area contributed by atoms with Crippen molar-refractivity contribution in [2.75, 3.05) is 6.61 Å². The van der Waals surface area contributed by atoms with Gasteiger partial charge in [-0.2, -0.15) is 13.2 Å². The zero-order chi connectivity index (χ0) is 14.6. The Labute approximate surface area is 112 Å². The van der Waals surface area contributed by atoms with Crippen LogP contribution in [0.5, 0.6) is 5.88 Å². The summed E-state index contributed by atoms with van der Waals surface area (Å²) in [6, 6.07) is 4.66. The number of ether oxygens (including phenoxy) is 3. The van der Waals surface area contributed by atoms with Gasteiger partial charge in [-0.3, -0.25) is 0 Å². The molecule has 2 atom stereocenters. The van der Waals surface area contributed by atoms with Gasteiger partial charge in [-0.1, -0.05) is 6.07 Å². The normalized spacial score (nSPS) is 23.1. The van der Waals surface area contributed by atoms with Gasteiger partial charge in [0.2, 0.25) is 5.88 Å². The monoisotopic (exact) mass is 291 g/mol. The molecule has 0 spiro atoms. The summed E-state index contributed by atoms with van der Waals surface area (Å²) < 4.78 is 51.7. The van der Waals surface area contributed by atoms with Crippen LogP contribution in [-0.2, 0) is 9.47 Å². The Morgan fingerprint density at radius 3 is 2.85 bits per heavy atom. The van der Waals surface area contributed by atoms with E-state index in [1.54, 1.807) is 12.1 Å². The Hall–Kier alpha value is -1.83. The quantitative estimate of drug-likeness (QED) is 0.784. The minimum Gasteiger partial charge on any atom is -0.430 e. The Bertz CT molecular complexity index is 452. The lowest BCUT2D eigenvalue weighted by molar-refractivity contribution is -0.240. The van der Waals surface area contributed by atoms with Crippen LogP contribution in [0.4, 0.5) is 18.0 Å². The maximum atomic E-state index is 12.5. The second-order valence-corrected chi connectivity index (χ2v) is 4.19. The van der Waals surface area contributed by atoms with Gasteiger partial charge in [0.1, 0.15) is 6.10 Å². The molecule has 0 bridgehead atoms. The zero-order valence-electron chi connectivity index (χ0n) is 10.3. The summed E-state index contributed by atoms with van der Waals surface area (Å²) in [5.41, 5.74) is 0. The van der Waals surface area contributed by atoms with E-state index in [0.717, 1.165) is 0 Å². The topological polar surface area (TPSA) is 57.7 Å². The van der Waals surface area contributed by atoms with Crippen LogP contribution in [0, 0.1) is 0 Å². The van der Waals surface area contributed by atoms with Crippen molar-refractivity contribution < 1.29 is 32.2 Å². The number of rotatable bonds is 2. The first kappa shape index (κ1) is 14.6. The molecular weight excluding hydrogens is 279 g/mol. The van der Waals surface area contributed by atoms with Crippen molar-refractivity contribution in [3.8, 4) is 5.88 Å². The second-order valence-electron chi connectivity index (χ2n) is 4.19. The molecule has 1 saturated heterocycles. The minimum atomic E-state index is -4.47. The highest BCUT2D eigenvalue weighted by molar-refractivity contribution is 5.63. The zero-order valence-corrected chi connectivity index (χ0v) is 10.3. The number of halogens is 3. The molecule has 0 aliphatic carbocycles. The first-order chi connectivity index (χ1) is 9.45. The molecule has 1 aromatic rings. The lowest BCUT2D eigenvalue weighted by Crippen LogP contribution is -2.41. The van der Waals surface area contributed by atoms with Crippen molar-refractivity contribution in [3.63, 3.8) is 0 Å². The molecule has 0 saturated carbocycles. The molecule has 0 radical (unpaired) electrons. The van der Waals surface area contributed by atoms with Gasteiger partial charge in [-0.25, -0.2) is 9.78 Å². The average molecular weight is 291 g/mol. The van der Waals surface area contributed by atoms with E-state index in [9.17, 15) is 18.0 Å². The molecule has 0 N–H and O–H groups in total. The number of aromatic nitrogens is 1. The number of hydrogen-bond acceptors (Lipinski definition) is 5. The van der Waals surface area contributed by atoms with Crippen molar-refractivity contribution in [2.45, 2.75) is 31.2 Å². The van der Waals surface area contributed by atoms with Gasteiger partial charge in [0, 0.05) is 25.1 Å². The number of carbonyl (C=O) groups excluding carboxylic acids is 1. The maximum Gasteiger partial charge on any atom is 0.515 e. The summed E-state index contributed by atoms with van der Waals surface area (Å²) in [4.78, 5) is 15.2. The minimum absolute atomic E-state index is 0.0249. The summed E-state index contributed by atoms with van der Waals surface area (Å²) in [6.45, 7) is -0.119. The SMILES string of the molecule is O=C(Oc1ccccn1)OC1CCOC(C(F)(F)F)C1. The highest BCUT2D eigenvalue weighted by Gasteiger charge is 2.44. The molecule has 5 nitrogen and oxygen atoms in total. The molecule has 1 fully saturated rings. The molecule has 110 valence electrons.